The van der Waals surface area contributed by atoms with Crippen molar-refractivity contribution in [3.8, 4) is 0 Å². The molecule has 6 heteroatoms. The lowest BCUT2D eigenvalue weighted by Crippen LogP contribution is -2.59. The highest BCUT2D eigenvalue weighted by Gasteiger charge is 2.49. The van der Waals surface area contributed by atoms with Gasteiger partial charge in [-0.05, 0) is 41.2 Å². The Bertz CT molecular complexity index is 869. The maximum Gasteiger partial charge on any atom is 0.238 e. The second-order valence-corrected chi connectivity index (χ2v) is 16.5. The lowest BCUT2D eigenvalue weighted by molar-refractivity contribution is -0.151. The molecule has 1 amide bonds. The van der Waals surface area contributed by atoms with Crippen molar-refractivity contribution in [2.24, 2.45) is 0 Å². The predicted molar refractivity (Wildman–Crippen MR) is 140 cm³/mol. The molecule has 1 saturated heterocycles. The van der Waals surface area contributed by atoms with Gasteiger partial charge in [0.25, 0.3) is 0 Å². The summed E-state index contributed by atoms with van der Waals surface area (Å²) in [6.45, 7) is 15.7. The second kappa shape index (κ2) is 11.2. The first-order chi connectivity index (χ1) is 15.7. The Balaban J connectivity index is 1.87. The zero-order valence-electron chi connectivity index (χ0n) is 20.9. The second-order valence-electron chi connectivity index (χ2n) is 9.89. The first kappa shape index (κ1) is 26.0. The molecule has 0 radical (unpaired) electrons. The van der Waals surface area contributed by atoms with Crippen molar-refractivity contribution in [2.45, 2.75) is 93.7 Å². The summed E-state index contributed by atoms with van der Waals surface area (Å²) in [6.07, 6.45) is -1.07. The highest BCUT2D eigenvalue weighted by atomic mass is 32.2. The van der Waals surface area contributed by atoms with Crippen LogP contribution in [0.4, 0.5) is 0 Å². The lowest BCUT2D eigenvalue weighted by atomic mass is 10.0. The van der Waals surface area contributed by atoms with Gasteiger partial charge in [0.15, 0.2) is 6.23 Å². The predicted octanol–water partition coefficient (Wildman–Crippen LogP) is 6.94. The van der Waals surface area contributed by atoms with Gasteiger partial charge < -0.3 is 14.5 Å². The summed E-state index contributed by atoms with van der Waals surface area (Å²) in [6, 6.07) is 20.1. The van der Waals surface area contributed by atoms with Crippen LogP contribution in [-0.4, -0.2) is 31.8 Å². The summed E-state index contributed by atoms with van der Waals surface area (Å²) in [5.74, 6) is -0.00434. The summed E-state index contributed by atoms with van der Waals surface area (Å²) in [7, 11) is -2.11. The van der Waals surface area contributed by atoms with Crippen LogP contribution >= 0.6 is 11.8 Å². The first-order valence-corrected chi connectivity index (χ1v) is 15.1. The molecule has 1 N–H and O–H groups in total. The third-order valence-electron chi connectivity index (χ3n) is 6.77. The smallest absolute Gasteiger partial charge is 0.238 e. The fraction of sp³-hybridized carbons (Fsp3) is 0.519. The maximum atomic E-state index is 13.4. The number of hydrogen-bond acceptors (Lipinski definition) is 4. The van der Waals surface area contributed by atoms with Gasteiger partial charge >= 0.3 is 0 Å². The highest BCUT2D eigenvalue weighted by molar-refractivity contribution is 8.00. The van der Waals surface area contributed by atoms with Gasteiger partial charge in [-0.3, -0.25) is 4.79 Å². The van der Waals surface area contributed by atoms with Crippen LogP contribution in [0.5, 0.6) is 0 Å². The average Bonchev–Trinajstić information content (AvgIpc) is 2.79. The molecule has 1 aliphatic rings. The van der Waals surface area contributed by atoms with E-state index in [2.05, 4.69) is 46.9 Å². The van der Waals surface area contributed by atoms with Crippen LogP contribution in [0.3, 0.4) is 0 Å². The standard InChI is InChI=1S/C27H39NO3SSi/c1-18(2)33(19(3)4,20(5)6)31-21(7)27-28-26(29)25(32-23-16-12-9-13-17-23)24(30-27)22-14-10-8-11-15-22/h8-21,24-25,27H,1-7H3,(H,28,29)/t21-,24+,25-,27-/m0/s1. The fourth-order valence-corrected chi connectivity index (χ4v) is 12.0. The molecule has 4 nitrogen and oxygen atoms in total. The van der Waals surface area contributed by atoms with Crippen LogP contribution in [0, 0.1) is 0 Å². The SMILES string of the molecule is CC(C)[Si](O[C@@H](C)[C@H]1NC(=O)[C@@H](Sc2ccccc2)[C@@H](c2ccccc2)O1)(C(C)C)C(C)C. The fourth-order valence-electron chi connectivity index (χ4n) is 5.30. The van der Waals surface area contributed by atoms with Gasteiger partial charge in [-0.1, -0.05) is 90.1 Å². The molecule has 1 fully saturated rings. The molecule has 0 bridgehead atoms. The Morgan fingerprint density at radius 1 is 0.848 bits per heavy atom. The van der Waals surface area contributed by atoms with Gasteiger partial charge in [0, 0.05) is 4.90 Å². The van der Waals surface area contributed by atoms with E-state index in [-0.39, 0.29) is 23.4 Å². The van der Waals surface area contributed by atoms with Crippen LogP contribution < -0.4 is 5.32 Å². The quantitative estimate of drug-likeness (QED) is 0.391. The number of nitrogens with one attached hydrogen (secondary N) is 1. The number of amides is 1. The molecule has 1 aliphatic heterocycles. The number of rotatable bonds is 9. The minimum Gasteiger partial charge on any atom is -0.409 e. The van der Waals surface area contributed by atoms with Crippen molar-refractivity contribution < 1.29 is 14.0 Å². The molecule has 4 atom stereocenters. The van der Waals surface area contributed by atoms with Crippen LogP contribution in [-0.2, 0) is 14.0 Å². The Kier molecular flexibility index (Phi) is 8.84. The zero-order valence-corrected chi connectivity index (χ0v) is 22.8. The number of ether oxygens (including phenoxy) is 1. The van der Waals surface area contributed by atoms with Gasteiger partial charge in [-0.2, -0.15) is 0 Å². The number of hydrogen-bond donors (Lipinski definition) is 1. The minimum absolute atomic E-state index is 0.00434. The van der Waals surface area contributed by atoms with Crippen LogP contribution in [0.25, 0.3) is 0 Å². The van der Waals surface area contributed by atoms with E-state index < -0.39 is 14.5 Å². The summed E-state index contributed by atoms with van der Waals surface area (Å²) in [5, 5.41) is 2.77. The number of carbonyl (C=O) groups excluding carboxylic acids is 1. The van der Waals surface area contributed by atoms with Crippen molar-refractivity contribution in [3.63, 3.8) is 0 Å². The molecular formula is C27H39NO3SSi. The van der Waals surface area contributed by atoms with Crippen LogP contribution in [0.2, 0.25) is 16.6 Å². The Morgan fingerprint density at radius 2 is 1.36 bits per heavy atom. The molecular weight excluding hydrogens is 446 g/mol. The third kappa shape index (κ3) is 5.73. The minimum atomic E-state index is -2.11. The van der Waals surface area contributed by atoms with E-state index in [0.717, 1.165) is 10.5 Å². The number of carbonyl (C=O) groups is 1. The molecule has 0 aromatic heterocycles. The van der Waals surface area contributed by atoms with Crippen LogP contribution in [0.15, 0.2) is 65.6 Å². The van der Waals surface area contributed by atoms with Crippen molar-refractivity contribution in [2.75, 3.05) is 0 Å². The summed E-state index contributed by atoms with van der Waals surface area (Å²) < 4.78 is 13.6. The molecule has 1 heterocycles. The van der Waals surface area contributed by atoms with Gasteiger partial charge in [-0.25, -0.2) is 0 Å². The first-order valence-electron chi connectivity index (χ1n) is 12.1. The molecule has 3 rings (SSSR count). The van der Waals surface area contributed by atoms with E-state index in [0.29, 0.717) is 16.6 Å². The van der Waals surface area contributed by atoms with Gasteiger partial charge in [0.1, 0.15) is 11.4 Å². The Morgan fingerprint density at radius 3 is 1.88 bits per heavy atom. The Hall–Kier alpha value is -1.60. The molecule has 2 aromatic carbocycles. The zero-order chi connectivity index (χ0) is 24.2. The van der Waals surface area contributed by atoms with E-state index >= 15 is 0 Å². The topological polar surface area (TPSA) is 47.6 Å². The van der Waals surface area contributed by atoms with Gasteiger partial charge in [0.2, 0.25) is 14.2 Å². The van der Waals surface area contributed by atoms with Gasteiger partial charge in [-0.15, -0.1) is 11.8 Å². The van der Waals surface area contributed by atoms with Crippen molar-refractivity contribution >= 4 is 26.0 Å². The average molecular weight is 486 g/mol. The number of benzene rings is 2. The van der Waals surface area contributed by atoms with Crippen molar-refractivity contribution in [1.29, 1.82) is 0 Å². The molecule has 0 saturated carbocycles. The normalized spacial score (nSPS) is 22.6. The van der Waals surface area contributed by atoms with Crippen molar-refractivity contribution in [1.82, 2.24) is 5.32 Å². The van der Waals surface area contributed by atoms with E-state index in [4.69, 9.17) is 9.16 Å². The highest BCUT2D eigenvalue weighted by Crippen LogP contribution is 2.44. The van der Waals surface area contributed by atoms with E-state index in [1.807, 2.05) is 67.6 Å². The van der Waals surface area contributed by atoms with E-state index in [1.165, 1.54) is 0 Å². The molecule has 0 unspecified atom stereocenters. The molecule has 0 spiro atoms. The molecule has 2 aromatic rings. The summed E-state index contributed by atoms with van der Waals surface area (Å²) in [5.41, 5.74) is 2.40. The van der Waals surface area contributed by atoms with Crippen molar-refractivity contribution in [3.05, 3.63) is 66.2 Å². The lowest BCUT2D eigenvalue weighted by Gasteiger charge is -2.47. The third-order valence-corrected chi connectivity index (χ3v) is 14.2. The monoisotopic (exact) mass is 485 g/mol. The summed E-state index contributed by atoms with van der Waals surface area (Å²) >= 11 is 1.55. The molecule has 33 heavy (non-hydrogen) atoms. The Labute approximate surface area is 205 Å². The van der Waals surface area contributed by atoms with Gasteiger partial charge in [0.05, 0.1) is 6.10 Å². The maximum absolute atomic E-state index is 13.4. The summed E-state index contributed by atoms with van der Waals surface area (Å²) in [4.78, 5) is 14.5. The number of thioether (sulfide) groups is 1. The van der Waals surface area contributed by atoms with Crippen LogP contribution in [0.1, 0.15) is 60.1 Å². The molecule has 0 aliphatic carbocycles. The largest absolute Gasteiger partial charge is 0.409 e. The molecule has 180 valence electrons. The van der Waals surface area contributed by atoms with E-state index in [9.17, 15) is 4.79 Å². The van der Waals surface area contributed by atoms with E-state index in [1.54, 1.807) is 11.8 Å².